The highest BCUT2D eigenvalue weighted by Gasteiger charge is 2.41. The van der Waals surface area contributed by atoms with Gasteiger partial charge in [0.2, 0.25) is 0 Å². The Labute approximate surface area is 104 Å². The van der Waals surface area contributed by atoms with Gasteiger partial charge < -0.3 is 15.7 Å². The van der Waals surface area contributed by atoms with Crippen molar-refractivity contribution in [2.24, 2.45) is 17.6 Å². The van der Waals surface area contributed by atoms with Crippen LogP contribution in [0.25, 0.3) is 0 Å². The molecule has 1 saturated heterocycles. The van der Waals surface area contributed by atoms with Gasteiger partial charge in [0, 0.05) is 18.1 Å². The number of aliphatic hydroxyl groups excluding tert-OH is 1. The van der Waals surface area contributed by atoms with Crippen molar-refractivity contribution >= 4 is 0 Å². The van der Waals surface area contributed by atoms with Crippen LogP contribution in [0, 0.1) is 11.8 Å². The second-order valence-corrected chi connectivity index (χ2v) is 6.60. The van der Waals surface area contributed by atoms with Gasteiger partial charge in [-0.3, -0.25) is 0 Å². The molecular weight excluding hydrogens is 212 g/mol. The second kappa shape index (κ2) is 4.52. The highest BCUT2D eigenvalue weighted by atomic mass is 16.3. The van der Waals surface area contributed by atoms with Crippen LogP contribution in [0.4, 0.5) is 0 Å². The Kier molecular flexibility index (Phi) is 3.18. The maximum atomic E-state index is 9.45. The Morgan fingerprint density at radius 3 is 2.82 bits per heavy atom. The van der Waals surface area contributed by atoms with E-state index >= 15 is 0 Å². The van der Waals surface area contributed by atoms with Crippen LogP contribution in [0.3, 0.4) is 0 Å². The summed E-state index contributed by atoms with van der Waals surface area (Å²) >= 11 is 0. The molecule has 3 aliphatic rings. The molecule has 3 nitrogen and oxygen atoms in total. The summed E-state index contributed by atoms with van der Waals surface area (Å²) in [7, 11) is 0. The molecule has 2 aliphatic carbocycles. The van der Waals surface area contributed by atoms with Crippen molar-refractivity contribution in [1.82, 2.24) is 4.90 Å². The average molecular weight is 238 g/mol. The van der Waals surface area contributed by atoms with Gasteiger partial charge in [-0.25, -0.2) is 0 Å². The predicted octanol–water partition coefficient (Wildman–Crippen LogP) is 1.35. The molecule has 3 heteroatoms. The summed E-state index contributed by atoms with van der Waals surface area (Å²) in [6.45, 7) is 2.71. The van der Waals surface area contributed by atoms with Crippen molar-refractivity contribution in [3.05, 3.63) is 0 Å². The van der Waals surface area contributed by atoms with E-state index in [1.54, 1.807) is 0 Å². The molecule has 3 N–H and O–H groups in total. The number of likely N-dealkylation sites (tertiary alicyclic amines) is 1. The third-order valence-electron chi connectivity index (χ3n) is 5.59. The zero-order valence-corrected chi connectivity index (χ0v) is 10.8. The molecule has 0 aromatic heterocycles. The summed E-state index contributed by atoms with van der Waals surface area (Å²) < 4.78 is 0. The summed E-state index contributed by atoms with van der Waals surface area (Å²) in [6, 6.07) is 0.878. The first kappa shape index (κ1) is 11.9. The van der Waals surface area contributed by atoms with Crippen molar-refractivity contribution < 1.29 is 5.11 Å². The standard InChI is InChI=1S/C14H26N2O/c15-14(10-17)6-1-2-12(14)5-7-16-9-11-3-4-13(16)8-11/h11-13,17H,1-10,15H2. The van der Waals surface area contributed by atoms with E-state index in [0.29, 0.717) is 5.92 Å². The van der Waals surface area contributed by atoms with Gasteiger partial charge in [-0.05, 0) is 56.9 Å². The fourth-order valence-corrected chi connectivity index (χ4v) is 4.43. The molecule has 0 radical (unpaired) electrons. The molecule has 17 heavy (non-hydrogen) atoms. The quantitative estimate of drug-likeness (QED) is 0.777. The summed E-state index contributed by atoms with van der Waals surface area (Å²) in [5.41, 5.74) is 6.03. The first-order chi connectivity index (χ1) is 8.21. The number of hydrogen-bond acceptors (Lipinski definition) is 3. The Bertz CT molecular complexity index is 283. The topological polar surface area (TPSA) is 49.5 Å². The lowest BCUT2D eigenvalue weighted by molar-refractivity contribution is 0.135. The van der Waals surface area contributed by atoms with Crippen LogP contribution in [-0.4, -0.2) is 41.3 Å². The fraction of sp³-hybridized carbons (Fsp3) is 1.00. The Hall–Kier alpha value is -0.120. The SMILES string of the molecule is NC1(CO)CCCC1CCN1CC2CCC1C2. The zero-order chi connectivity index (χ0) is 11.9. The Morgan fingerprint density at radius 1 is 1.29 bits per heavy atom. The van der Waals surface area contributed by atoms with Gasteiger partial charge in [0.25, 0.3) is 0 Å². The van der Waals surface area contributed by atoms with Crippen LogP contribution in [0.2, 0.25) is 0 Å². The summed E-state index contributed by atoms with van der Waals surface area (Å²) in [5.74, 6) is 1.54. The largest absolute Gasteiger partial charge is 0.394 e. The van der Waals surface area contributed by atoms with Gasteiger partial charge >= 0.3 is 0 Å². The number of piperidine rings is 1. The van der Waals surface area contributed by atoms with Gasteiger partial charge in [0.1, 0.15) is 0 Å². The highest BCUT2D eigenvalue weighted by molar-refractivity contribution is 4.98. The van der Waals surface area contributed by atoms with Crippen molar-refractivity contribution in [2.45, 2.75) is 56.5 Å². The van der Waals surface area contributed by atoms with E-state index in [0.717, 1.165) is 18.4 Å². The summed E-state index contributed by atoms with van der Waals surface area (Å²) in [6.07, 6.45) is 8.96. The molecule has 2 saturated carbocycles. The minimum absolute atomic E-state index is 0.170. The third kappa shape index (κ3) is 2.13. The fourth-order valence-electron chi connectivity index (χ4n) is 4.43. The van der Waals surface area contributed by atoms with E-state index < -0.39 is 0 Å². The maximum Gasteiger partial charge on any atom is 0.0613 e. The first-order valence-electron chi connectivity index (χ1n) is 7.35. The number of rotatable bonds is 4. The van der Waals surface area contributed by atoms with Crippen molar-refractivity contribution in [3.63, 3.8) is 0 Å². The van der Waals surface area contributed by atoms with Crippen molar-refractivity contribution in [2.75, 3.05) is 19.7 Å². The van der Waals surface area contributed by atoms with E-state index in [4.69, 9.17) is 5.73 Å². The van der Waals surface area contributed by atoms with Crippen LogP contribution in [0.5, 0.6) is 0 Å². The van der Waals surface area contributed by atoms with Gasteiger partial charge in [-0.15, -0.1) is 0 Å². The van der Waals surface area contributed by atoms with E-state index in [1.807, 2.05) is 0 Å². The Balaban J connectivity index is 1.51. The van der Waals surface area contributed by atoms with Gasteiger partial charge in [-0.1, -0.05) is 6.42 Å². The van der Waals surface area contributed by atoms with Crippen LogP contribution in [-0.2, 0) is 0 Å². The van der Waals surface area contributed by atoms with Gasteiger partial charge in [0.05, 0.1) is 6.61 Å². The van der Waals surface area contributed by atoms with Crippen LogP contribution in [0.15, 0.2) is 0 Å². The Morgan fingerprint density at radius 2 is 2.18 bits per heavy atom. The van der Waals surface area contributed by atoms with Gasteiger partial charge in [0.15, 0.2) is 0 Å². The zero-order valence-electron chi connectivity index (χ0n) is 10.8. The minimum Gasteiger partial charge on any atom is -0.394 e. The first-order valence-corrected chi connectivity index (χ1v) is 7.35. The van der Waals surface area contributed by atoms with Crippen LogP contribution >= 0.6 is 0 Å². The molecule has 4 unspecified atom stereocenters. The van der Waals surface area contributed by atoms with Crippen molar-refractivity contribution in [3.8, 4) is 0 Å². The van der Waals surface area contributed by atoms with Crippen LogP contribution < -0.4 is 5.73 Å². The molecule has 0 aromatic carbocycles. The van der Waals surface area contributed by atoms with Crippen molar-refractivity contribution in [1.29, 1.82) is 0 Å². The van der Waals surface area contributed by atoms with Crippen LogP contribution in [0.1, 0.15) is 44.9 Å². The third-order valence-corrected chi connectivity index (χ3v) is 5.59. The van der Waals surface area contributed by atoms with E-state index in [1.165, 1.54) is 51.6 Å². The second-order valence-electron chi connectivity index (χ2n) is 6.60. The monoisotopic (exact) mass is 238 g/mol. The van der Waals surface area contributed by atoms with E-state index in [9.17, 15) is 5.11 Å². The predicted molar refractivity (Wildman–Crippen MR) is 68.7 cm³/mol. The molecule has 4 atom stereocenters. The molecule has 0 amide bonds. The number of nitrogens with two attached hydrogens (primary N) is 1. The lowest BCUT2D eigenvalue weighted by Gasteiger charge is -2.33. The molecule has 0 spiro atoms. The molecular formula is C14H26N2O. The minimum atomic E-state index is -0.265. The number of nitrogens with zero attached hydrogens (tertiary/aromatic N) is 1. The summed E-state index contributed by atoms with van der Waals surface area (Å²) in [4.78, 5) is 2.68. The smallest absolute Gasteiger partial charge is 0.0613 e. The lowest BCUT2D eigenvalue weighted by atomic mass is 9.86. The normalized spacial score (nSPS) is 45.9. The molecule has 3 fully saturated rings. The van der Waals surface area contributed by atoms with E-state index in [2.05, 4.69) is 4.90 Å². The number of hydrogen-bond donors (Lipinski definition) is 2. The molecule has 2 bridgehead atoms. The maximum absolute atomic E-state index is 9.45. The molecule has 0 aromatic rings. The molecule has 3 rings (SSSR count). The molecule has 98 valence electrons. The van der Waals surface area contributed by atoms with Gasteiger partial charge in [-0.2, -0.15) is 0 Å². The number of fused-ring (bicyclic) bond motifs is 2. The lowest BCUT2D eigenvalue weighted by Crippen LogP contribution is -2.48. The highest BCUT2D eigenvalue weighted by Crippen LogP contribution is 2.40. The summed E-state index contributed by atoms with van der Waals surface area (Å²) in [5, 5.41) is 9.45. The average Bonchev–Trinajstić information content (AvgIpc) is 3.02. The van der Waals surface area contributed by atoms with E-state index in [-0.39, 0.29) is 12.1 Å². The molecule has 1 aliphatic heterocycles. The molecule has 1 heterocycles. The number of aliphatic hydroxyl groups is 1.